The van der Waals surface area contributed by atoms with Crippen LogP contribution < -0.4 is 0 Å². The molecule has 0 spiro atoms. The van der Waals surface area contributed by atoms with Gasteiger partial charge in [0.05, 0.1) is 0 Å². The standard InChI is InChI=1S/C34H47FO2/c1-30(2)24(23-9-8-22(20-36)19-27(23)35)12-15-31(3)28(30)13-16-33(5)29(31)11-10-25-26-7-6-14-34(26,21-37)18-17-32(25,33)4/h8-9,12,19-20,25-26,28-29,37H,6-7,10-11,13-18,21H2,1-5H3/t25?,26?,28?,29?,31?,32-,33?,34?/m1/s1. The second kappa shape index (κ2) is 8.26. The highest BCUT2D eigenvalue weighted by Crippen LogP contribution is 2.77. The maximum Gasteiger partial charge on any atom is 0.150 e. The summed E-state index contributed by atoms with van der Waals surface area (Å²) in [5, 5.41) is 10.5. The zero-order valence-electron chi connectivity index (χ0n) is 23.7. The van der Waals surface area contributed by atoms with E-state index in [-0.39, 0.29) is 22.1 Å². The molecular weight excluding hydrogens is 459 g/mol. The first kappa shape index (κ1) is 25.8. The number of fused-ring (bicyclic) bond motifs is 7. The van der Waals surface area contributed by atoms with Crippen LogP contribution in [0.3, 0.4) is 0 Å². The van der Waals surface area contributed by atoms with E-state index in [1.807, 2.05) is 6.07 Å². The highest BCUT2D eigenvalue weighted by molar-refractivity contribution is 5.78. The molecule has 0 heterocycles. The predicted octanol–water partition coefficient (Wildman–Crippen LogP) is 8.48. The molecule has 5 aliphatic rings. The molecule has 1 aromatic rings. The second-order valence-electron chi connectivity index (χ2n) is 15.1. The van der Waals surface area contributed by atoms with Gasteiger partial charge in [0.15, 0.2) is 0 Å². The van der Waals surface area contributed by atoms with Crippen molar-refractivity contribution < 1.29 is 14.3 Å². The molecule has 8 atom stereocenters. The zero-order chi connectivity index (χ0) is 26.4. The predicted molar refractivity (Wildman–Crippen MR) is 148 cm³/mol. The van der Waals surface area contributed by atoms with Crippen molar-refractivity contribution in [3.05, 3.63) is 41.2 Å². The number of benzene rings is 1. The lowest BCUT2D eigenvalue weighted by molar-refractivity contribution is -0.225. The Kier molecular flexibility index (Phi) is 5.76. The molecular formula is C34H47FO2. The van der Waals surface area contributed by atoms with Gasteiger partial charge in [-0.25, -0.2) is 4.39 Å². The van der Waals surface area contributed by atoms with Gasteiger partial charge in [-0.15, -0.1) is 0 Å². The van der Waals surface area contributed by atoms with Gasteiger partial charge >= 0.3 is 0 Å². The lowest BCUT2D eigenvalue weighted by atomic mass is 9.33. The van der Waals surface area contributed by atoms with Crippen LogP contribution in [-0.2, 0) is 0 Å². The summed E-state index contributed by atoms with van der Waals surface area (Å²) in [6.07, 6.45) is 15.5. The van der Waals surface area contributed by atoms with Crippen LogP contribution in [-0.4, -0.2) is 18.0 Å². The molecule has 0 amide bonds. The minimum absolute atomic E-state index is 0.125. The normalized spacial score (nSPS) is 46.2. The van der Waals surface area contributed by atoms with Gasteiger partial charge in [-0.05, 0) is 120 Å². The SMILES string of the molecule is CC1(C)C(c2ccc(C=O)cc2F)=CCC2(C)C1CCC1(C)C2CCC2C3CCCC3(CO)CC[C@]21C. The van der Waals surface area contributed by atoms with E-state index < -0.39 is 0 Å². The van der Waals surface area contributed by atoms with Gasteiger partial charge in [-0.3, -0.25) is 4.79 Å². The Morgan fingerprint density at radius 3 is 2.41 bits per heavy atom. The summed E-state index contributed by atoms with van der Waals surface area (Å²) in [6, 6.07) is 4.98. The Labute approximate surface area is 223 Å². The molecule has 3 heteroatoms. The third-order valence-corrected chi connectivity index (χ3v) is 13.9. The first-order chi connectivity index (χ1) is 17.5. The van der Waals surface area contributed by atoms with Gasteiger partial charge in [0.25, 0.3) is 0 Å². The fourth-order valence-electron chi connectivity index (χ4n) is 11.9. The van der Waals surface area contributed by atoms with Crippen LogP contribution in [0.25, 0.3) is 5.57 Å². The van der Waals surface area contributed by atoms with Gasteiger partial charge in [0.2, 0.25) is 0 Å². The van der Waals surface area contributed by atoms with Crippen LogP contribution in [0.15, 0.2) is 24.3 Å². The Bertz CT molecular complexity index is 1140. The first-order valence-corrected chi connectivity index (χ1v) is 15.0. The summed E-state index contributed by atoms with van der Waals surface area (Å²) < 4.78 is 15.2. The van der Waals surface area contributed by atoms with Crippen LogP contribution in [0.5, 0.6) is 0 Å². The van der Waals surface area contributed by atoms with Gasteiger partial charge in [-0.1, -0.05) is 59.2 Å². The zero-order valence-corrected chi connectivity index (χ0v) is 23.7. The van der Waals surface area contributed by atoms with E-state index in [4.69, 9.17) is 0 Å². The number of carbonyl (C=O) groups is 1. The number of rotatable bonds is 3. The minimum atomic E-state index is -0.271. The fourth-order valence-corrected chi connectivity index (χ4v) is 11.9. The Hall–Kier alpha value is -1.48. The van der Waals surface area contributed by atoms with Crippen molar-refractivity contribution in [3.8, 4) is 0 Å². The van der Waals surface area contributed by atoms with Crippen LogP contribution in [0, 0.1) is 56.6 Å². The Morgan fingerprint density at radius 1 is 0.919 bits per heavy atom. The number of aliphatic hydroxyl groups excluding tert-OH is 1. The minimum Gasteiger partial charge on any atom is -0.396 e. The molecule has 5 aliphatic carbocycles. The van der Waals surface area contributed by atoms with E-state index in [0.29, 0.717) is 46.3 Å². The molecule has 4 saturated carbocycles. The van der Waals surface area contributed by atoms with E-state index in [1.54, 1.807) is 6.07 Å². The molecule has 202 valence electrons. The number of aliphatic hydroxyl groups is 1. The summed E-state index contributed by atoms with van der Waals surface area (Å²) >= 11 is 0. The van der Waals surface area contributed by atoms with E-state index >= 15 is 4.39 Å². The summed E-state index contributed by atoms with van der Waals surface area (Å²) in [5.41, 5.74) is 3.13. The van der Waals surface area contributed by atoms with E-state index in [9.17, 15) is 9.90 Å². The van der Waals surface area contributed by atoms with Crippen molar-refractivity contribution in [3.63, 3.8) is 0 Å². The lowest BCUT2D eigenvalue weighted by Gasteiger charge is -2.72. The van der Waals surface area contributed by atoms with Gasteiger partial charge < -0.3 is 5.11 Å². The van der Waals surface area contributed by atoms with Crippen LogP contribution in [0.4, 0.5) is 4.39 Å². The van der Waals surface area contributed by atoms with E-state index in [0.717, 1.165) is 24.2 Å². The van der Waals surface area contributed by atoms with Crippen LogP contribution in [0.2, 0.25) is 0 Å². The maximum absolute atomic E-state index is 15.2. The smallest absolute Gasteiger partial charge is 0.150 e. The second-order valence-corrected chi connectivity index (χ2v) is 15.1. The summed E-state index contributed by atoms with van der Waals surface area (Å²) in [6.45, 7) is 12.9. The highest BCUT2D eigenvalue weighted by atomic mass is 19.1. The van der Waals surface area contributed by atoms with Crippen LogP contribution in [0.1, 0.15) is 115 Å². The number of allylic oxidation sites excluding steroid dienone is 2. The van der Waals surface area contributed by atoms with Gasteiger partial charge in [-0.2, -0.15) is 0 Å². The molecule has 1 aromatic carbocycles. The van der Waals surface area contributed by atoms with Crippen molar-refractivity contribution >= 4 is 11.9 Å². The Balaban J connectivity index is 1.37. The number of hydrogen-bond donors (Lipinski definition) is 1. The molecule has 1 N–H and O–H groups in total. The molecule has 6 rings (SSSR count). The highest BCUT2D eigenvalue weighted by Gasteiger charge is 2.69. The monoisotopic (exact) mass is 506 g/mol. The van der Waals surface area contributed by atoms with E-state index in [2.05, 4.69) is 40.7 Å². The molecule has 0 aromatic heterocycles. The molecule has 7 unspecified atom stereocenters. The average Bonchev–Trinajstić information content (AvgIpc) is 3.29. The molecule has 0 saturated heterocycles. The number of aldehydes is 1. The summed E-state index contributed by atoms with van der Waals surface area (Å²) in [5.74, 6) is 2.35. The van der Waals surface area contributed by atoms with Gasteiger partial charge in [0, 0.05) is 17.7 Å². The molecule has 2 nitrogen and oxygen atoms in total. The molecule has 4 fully saturated rings. The molecule has 0 aliphatic heterocycles. The number of carbonyl (C=O) groups excluding carboxylic acids is 1. The quantitative estimate of drug-likeness (QED) is 0.417. The largest absolute Gasteiger partial charge is 0.396 e. The van der Waals surface area contributed by atoms with Crippen molar-refractivity contribution in [2.75, 3.05) is 6.61 Å². The lowest BCUT2D eigenvalue weighted by Crippen LogP contribution is -2.65. The molecule has 37 heavy (non-hydrogen) atoms. The molecule has 0 bridgehead atoms. The van der Waals surface area contributed by atoms with Crippen molar-refractivity contribution in [1.82, 2.24) is 0 Å². The number of halogens is 1. The maximum atomic E-state index is 15.2. The summed E-state index contributed by atoms with van der Waals surface area (Å²) in [7, 11) is 0. The fraction of sp³-hybridized carbons (Fsp3) is 0.735. The third-order valence-electron chi connectivity index (χ3n) is 13.9. The number of hydrogen-bond acceptors (Lipinski definition) is 2. The molecule has 0 radical (unpaired) electrons. The van der Waals surface area contributed by atoms with Crippen LogP contribution >= 0.6 is 0 Å². The van der Waals surface area contributed by atoms with Crippen molar-refractivity contribution in [2.45, 2.75) is 98.8 Å². The van der Waals surface area contributed by atoms with Crippen molar-refractivity contribution in [1.29, 1.82) is 0 Å². The van der Waals surface area contributed by atoms with Gasteiger partial charge in [0.1, 0.15) is 12.1 Å². The third kappa shape index (κ3) is 3.22. The van der Waals surface area contributed by atoms with E-state index in [1.165, 1.54) is 63.9 Å². The summed E-state index contributed by atoms with van der Waals surface area (Å²) in [4.78, 5) is 11.2. The first-order valence-electron chi connectivity index (χ1n) is 15.0. The van der Waals surface area contributed by atoms with Crippen molar-refractivity contribution in [2.24, 2.45) is 50.7 Å². The Morgan fingerprint density at radius 2 is 1.70 bits per heavy atom. The average molecular weight is 507 g/mol. The topological polar surface area (TPSA) is 37.3 Å².